The highest BCUT2D eigenvalue weighted by molar-refractivity contribution is 5.08. The van der Waals surface area contributed by atoms with E-state index >= 15 is 0 Å². The first-order valence-electron chi connectivity index (χ1n) is 8.10. The SMILES string of the molecule is CCNC1CCCCCC1CN(C)Cc1cccnc1. The summed E-state index contributed by atoms with van der Waals surface area (Å²) in [6.45, 7) is 5.50. The van der Waals surface area contributed by atoms with Gasteiger partial charge < -0.3 is 10.2 Å². The largest absolute Gasteiger partial charge is 0.314 e. The summed E-state index contributed by atoms with van der Waals surface area (Å²) in [5.41, 5.74) is 1.31. The van der Waals surface area contributed by atoms with Gasteiger partial charge in [-0.2, -0.15) is 0 Å². The third kappa shape index (κ3) is 4.88. The molecule has 0 aromatic carbocycles. The van der Waals surface area contributed by atoms with E-state index < -0.39 is 0 Å². The molecule has 1 saturated carbocycles. The molecule has 1 aliphatic rings. The average molecular weight is 275 g/mol. The van der Waals surface area contributed by atoms with Crippen LogP contribution in [0.4, 0.5) is 0 Å². The number of hydrogen-bond acceptors (Lipinski definition) is 3. The number of rotatable bonds is 6. The van der Waals surface area contributed by atoms with Crippen LogP contribution in [0.15, 0.2) is 24.5 Å². The Morgan fingerprint density at radius 3 is 2.90 bits per heavy atom. The fourth-order valence-corrected chi connectivity index (χ4v) is 3.40. The van der Waals surface area contributed by atoms with Crippen LogP contribution in [0.3, 0.4) is 0 Å². The predicted octanol–water partition coefficient (Wildman–Crippen LogP) is 3.07. The summed E-state index contributed by atoms with van der Waals surface area (Å²) in [6.07, 6.45) is 10.7. The number of aromatic nitrogens is 1. The van der Waals surface area contributed by atoms with Gasteiger partial charge in [0, 0.05) is 31.5 Å². The lowest BCUT2D eigenvalue weighted by atomic mass is 9.94. The number of hydrogen-bond donors (Lipinski definition) is 1. The fourth-order valence-electron chi connectivity index (χ4n) is 3.40. The number of nitrogens with one attached hydrogen (secondary N) is 1. The minimum atomic E-state index is 0.707. The highest BCUT2D eigenvalue weighted by Gasteiger charge is 2.23. The second-order valence-corrected chi connectivity index (χ2v) is 6.12. The molecule has 0 spiro atoms. The molecule has 0 saturated heterocycles. The Morgan fingerprint density at radius 1 is 1.30 bits per heavy atom. The van der Waals surface area contributed by atoms with Crippen LogP contribution in [0.5, 0.6) is 0 Å². The van der Waals surface area contributed by atoms with Gasteiger partial charge in [0.15, 0.2) is 0 Å². The molecule has 1 N–H and O–H groups in total. The lowest BCUT2D eigenvalue weighted by molar-refractivity contribution is 0.220. The Balaban J connectivity index is 1.88. The molecular formula is C17H29N3. The zero-order valence-electron chi connectivity index (χ0n) is 13.0. The maximum Gasteiger partial charge on any atom is 0.0312 e. The third-order valence-electron chi connectivity index (χ3n) is 4.35. The van der Waals surface area contributed by atoms with Crippen molar-refractivity contribution in [2.75, 3.05) is 20.1 Å². The highest BCUT2D eigenvalue weighted by atomic mass is 15.1. The monoisotopic (exact) mass is 275 g/mol. The van der Waals surface area contributed by atoms with E-state index in [0.717, 1.165) is 19.0 Å². The molecule has 2 atom stereocenters. The standard InChI is InChI=1S/C17H29N3/c1-3-19-17-10-6-4-5-9-16(17)14-20(2)13-15-8-7-11-18-12-15/h7-8,11-12,16-17,19H,3-6,9-10,13-14H2,1-2H3. The van der Waals surface area contributed by atoms with Crippen molar-refractivity contribution in [1.82, 2.24) is 15.2 Å². The number of nitrogens with zero attached hydrogens (tertiary/aromatic N) is 2. The van der Waals surface area contributed by atoms with Gasteiger partial charge in [0.25, 0.3) is 0 Å². The topological polar surface area (TPSA) is 28.2 Å². The van der Waals surface area contributed by atoms with Gasteiger partial charge in [-0.3, -0.25) is 4.98 Å². The Labute approximate surface area is 123 Å². The van der Waals surface area contributed by atoms with E-state index in [1.165, 1.54) is 44.2 Å². The van der Waals surface area contributed by atoms with E-state index in [0.29, 0.717) is 6.04 Å². The summed E-state index contributed by atoms with van der Waals surface area (Å²) in [7, 11) is 2.24. The maximum atomic E-state index is 4.20. The Morgan fingerprint density at radius 2 is 2.15 bits per heavy atom. The van der Waals surface area contributed by atoms with Crippen molar-refractivity contribution in [3.63, 3.8) is 0 Å². The van der Waals surface area contributed by atoms with Crippen LogP contribution in [0.2, 0.25) is 0 Å². The molecular weight excluding hydrogens is 246 g/mol. The Bertz CT molecular complexity index is 366. The van der Waals surface area contributed by atoms with Gasteiger partial charge in [-0.25, -0.2) is 0 Å². The molecule has 3 nitrogen and oxygen atoms in total. The Kier molecular flexibility index (Phi) is 6.48. The smallest absolute Gasteiger partial charge is 0.0312 e. The maximum absolute atomic E-state index is 4.20. The third-order valence-corrected chi connectivity index (χ3v) is 4.35. The van der Waals surface area contributed by atoms with Gasteiger partial charge in [-0.1, -0.05) is 32.3 Å². The van der Waals surface area contributed by atoms with Crippen LogP contribution in [-0.2, 0) is 6.54 Å². The van der Waals surface area contributed by atoms with Gasteiger partial charge >= 0.3 is 0 Å². The van der Waals surface area contributed by atoms with E-state index in [1.54, 1.807) is 0 Å². The van der Waals surface area contributed by atoms with Crippen LogP contribution < -0.4 is 5.32 Å². The van der Waals surface area contributed by atoms with Crippen molar-refractivity contribution in [2.45, 2.75) is 51.6 Å². The second-order valence-electron chi connectivity index (χ2n) is 6.12. The molecule has 0 bridgehead atoms. The fraction of sp³-hybridized carbons (Fsp3) is 0.706. The summed E-state index contributed by atoms with van der Waals surface area (Å²) in [5.74, 6) is 0.791. The van der Waals surface area contributed by atoms with E-state index in [1.807, 2.05) is 18.5 Å². The molecule has 1 fully saturated rings. The molecule has 0 aliphatic heterocycles. The summed E-state index contributed by atoms with van der Waals surface area (Å²) < 4.78 is 0. The van der Waals surface area contributed by atoms with Gasteiger partial charge in [0.1, 0.15) is 0 Å². The summed E-state index contributed by atoms with van der Waals surface area (Å²) in [6, 6.07) is 4.90. The van der Waals surface area contributed by atoms with Crippen molar-refractivity contribution in [3.8, 4) is 0 Å². The molecule has 112 valence electrons. The first-order chi connectivity index (χ1) is 9.79. The zero-order chi connectivity index (χ0) is 14.2. The predicted molar refractivity (Wildman–Crippen MR) is 84.6 cm³/mol. The molecule has 2 unspecified atom stereocenters. The zero-order valence-corrected chi connectivity index (χ0v) is 13.0. The lowest BCUT2D eigenvalue weighted by Gasteiger charge is -2.30. The minimum absolute atomic E-state index is 0.707. The first kappa shape index (κ1) is 15.5. The lowest BCUT2D eigenvalue weighted by Crippen LogP contribution is -2.40. The summed E-state index contributed by atoms with van der Waals surface area (Å²) in [5, 5.41) is 3.70. The molecule has 2 rings (SSSR count). The summed E-state index contributed by atoms with van der Waals surface area (Å²) >= 11 is 0. The molecule has 1 aliphatic carbocycles. The molecule has 20 heavy (non-hydrogen) atoms. The normalized spacial score (nSPS) is 23.8. The number of pyridine rings is 1. The second kappa shape index (κ2) is 8.38. The van der Waals surface area contributed by atoms with Gasteiger partial charge in [-0.05, 0) is 44.0 Å². The van der Waals surface area contributed by atoms with Gasteiger partial charge in [0.2, 0.25) is 0 Å². The van der Waals surface area contributed by atoms with E-state index in [4.69, 9.17) is 0 Å². The van der Waals surface area contributed by atoms with Crippen molar-refractivity contribution >= 4 is 0 Å². The first-order valence-corrected chi connectivity index (χ1v) is 8.10. The van der Waals surface area contributed by atoms with Crippen LogP contribution >= 0.6 is 0 Å². The van der Waals surface area contributed by atoms with Crippen molar-refractivity contribution in [2.24, 2.45) is 5.92 Å². The quantitative estimate of drug-likeness (QED) is 0.809. The van der Waals surface area contributed by atoms with E-state index in [9.17, 15) is 0 Å². The van der Waals surface area contributed by atoms with Crippen LogP contribution in [-0.4, -0.2) is 36.1 Å². The molecule has 1 heterocycles. The minimum Gasteiger partial charge on any atom is -0.314 e. The van der Waals surface area contributed by atoms with E-state index in [2.05, 4.69) is 35.2 Å². The Hall–Kier alpha value is -0.930. The molecule has 1 aromatic heterocycles. The van der Waals surface area contributed by atoms with Crippen LogP contribution in [0.25, 0.3) is 0 Å². The van der Waals surface area contributed by atoms with Crippen LogP contribution in [0, 0.1) is 5.92 Å². The average Bonchev–Trinajstić information content (AvgIpc) is 2.66. The van der Waals surface area contributed by atoms with Crippen molar-refractivity contribution in [3.05, 3.63) is 30.1 Å². The van der Waals surface area contributed by atoms with E-state index in [-0.39, 0.29) is 0 Å². The van der Waals surface area contributed by atoms with Gasteiger partial charge in [0.05, 0.1) is 0 Å². The molecule has 1 aromatic rings. The van der Waals surface area contributed by atoms with Crippen molar-refractivity contribution in [1.29, 1.82) is 0 Å². The summed E-state index contributed by atoms with van der Waals surface area (Å²) in [4.78, 5) is 6.66. The molecule has 0 radical (unpaired) electrons. The highest BCUT2D eigenvalue weighted by Crippen LogP contribution is 2.24. The van der Waals surface area contributed by atoms with Crippen molar-refractivity contribution < 1.29 is 0 Å². The molecule has 0 amide bonds. The molecule has 3 heteroatoms. The van der Waals surface area contributed by atoms with Gasteiger partial charge in [-0.15, -0.1) is 0 Å². The van der Waals surface area contributed by atoms with Crippen LogP contribution in [0.1, 0.15) is 44.6 Å².